The lowest BCUT2D eigenvalue weighted by molar-refractivity contribution is 0.498. The maximum Gasteiger partial charge on any atom is -0.0233 e. The predicted molar refractivity (Wildman–Crippen MR) is 63.9 cm³/mol. The second kappa shape index (κ2) is 11.5. The Balaban J connectivity index is 0. The van der Waals surface area contributed by atoms with Crippen molar-refractivity contribution in [1.82, 2.24) is 0 Å². The molecule has 1 aliphatic rings. The lowest BCUT2D eigenvalue weighted by Gasteiger charge is -2.04. The topological polar surface area (TPSA) is 0 Å². The summed E-state index contributed by atoms with van der Waals surface area (Å²) in [6.07, 6.45) is 9.86. The summed E-state index contributed by atoms with van der Waals surface area (Å²) in [6.45, 7) is 12.6. The third kappa shape index (κ3) is 9.39. The van der Waals surface area contributed by atoms with E-state index < -0.39 is 0 Å². The molecule has 13 heavy (non-hydrogen) atoms. The molecule has 0 radical (unpaired) electrons. The van der Waals surface area contributed by atoms with Gasteiger partial charge in [-0.3, -0.25) is 0 Å². The van der Waals surface area contributed by atoms with Crippen LogP contribution in [0.5, 0.6) is 0 Å². The SMILES string of the molecule is CC.CC1C=CCC1C.CC=CC. The summed E-state index contributed by atoms with van der Waals surface area (Å²) >= 11 is 0. The predicted octanol–water partition coefficient (Wildman–Crippen LogP) is 4.83. The second-order valence-electron chi connectivity index (χ2n) is 3.17. The normalized spacial score (nSPS) is 24.8. The van der Waals surface area contributed by atoms with Crippen LogP contribution in [0.1, 0.15) is 48.0 Å². The van der Waals surface area contributed by atoms with Crippen LogP contribution in [0.15, 0.2) is 24.3 Å². The third-order valence-corrected chi connectivity index (χ3v) is 2.18. The van der Waals surface area contributed by atoms with Crippen molar-refractivity contribution < 1.29 is 0 Å². The van der Waals surface area contributed by atoms with Crippen molar-refractivity contribution in [1.29, 1.82) is 0 Å². The van der Waals surface area contributed by atoms with Gasteiger partial charge < -0.3 is 0 Å². The highest BCUT2D eigenvalue weighted by molar-refractivity contribution is 4.97. The van der Waals surface area contributed by atoms with Gasteiger partial charge in [0.2, 0.25) is 0 Å². The highest BCUT2D eigenvalue weighted by Crippen LogP contribution is 2.22. The molecule has 0 amide bonds. The Labute approximate surface area is 84.7 Å². The molecule has 0 aromatic carbocycles. The van der Waals surface area contributed by atoms with Crippen molar-refractivity contribution in [3.8, 4) is 0 Å². The number of allylic oxidation sites excluding steroid dienone is 4. The van der Waals surface area contributed by atoms with Crippen LogP contribution in [0, 0.1) is 11.8 Å². The Morgan fingerprint density at radius 3 is 1.62 bits per heavy atom. The van der Waals surface area contributed by atoms with Crippen molar-refractivity contribution >= 4 is 0 Å². The van der Waals surface area contributed by atoms with E-state index >= 15 is 0 Å². The summed E-state index contributed by atoms with van der Waals surface area (Å²) in [6, 6.07) is 0. The zero-order valence-corrected chi connectivity index (χ0v) is 10.2. The maximum absolute atomic E-state index is 2.30. The van der Waals surface area contributed by atoms with Crippen LogP contribution < -0.4 is 0 Å². The van der Waals surface area contributed by atoms with Gasteiger partial charge in [0.1, 0.15) is 0 Å². The number of rotatable bonds is 0. The Bertz CT molecular complexity index is 127. The van der Waals surface area contributed by atoms with E-state index in [0.717, 1.165) is 11.8 Å². The molecule has 0 heteroatoms. The minimum absolute atomic E-state index is 0.833. The second-order valence-corrected chi connectivity index (χ2v) is 3.17. The lowest BCUT2D eigenvalue weighted by Crippen LogP contribution is -1.96. The van der Waals surface area contributed by atoms with Crippen LogP contribution in [0.2, 0.25) is 0 Å². The van der Waals surface area contributed by atoms with Gasteiger partial charge in [-0.25, -0.2) is 0 Å². The number of hydrogen-bond acceptors (Lipinski definition) is 0. The van der Waals surface area contributed by atoms with Gasteiger partial charge >= 0.3 is 0 Å². The smallest absolute Gasteiger partial charge is 0.0233 e. The monoisotopic (exact) mass is 182 g/mol. The van der Waals surface area contributed by atoms with Crippen LogP contribution in [-0.4, -0.2) is 0 Å². The van der Waals surface area contributed by atoms with Gasteiger partial charge in [0.25, 0.3) is 0 Å². The molecule has 0 nitrogen and oxygen atoms in total. The fourth-order valence-corrected chi connectivity index (χ4v) is 0.912. The van der Waals surface area contributed by atoms with E-state index in [2.05, 4.69) is 26.0 Å². The molecule has 0 spiro atoms. The molecule has 2 unspecified atom stereocenters. The van der Waals surface area contributed by atoms with E-state index in [9.17, 15) is 0 Å². The zero-order chi connectivity index (χ0) is 10.7. The Kier molecular flexibility index (Phi) is 13.2. The maximum atomic E-state index is 2.30. The zero-order valence-electron chi connectivity index (χ0n) is 10.2. The molecule has 2 atom stereocenters. The van der Waals surface area contributed by atoms with Gasteiger partial charge in [-0.15, -0.1) is 0 Å². The van der Waals surface area contributed by atoms with Gasteiger partial charge in [0, 0.05) is 0 Å². The first-order valence-electron chi connectivity index (χ1n) is 5.46. The molecular formula is C13H26. The van der Waals surface area contributed by atoms with Gasteiger partial charge in [-0.2, -0.15) is 0 Å². The summed E-state index contributed by atoms with van der Waals surface area (Å²) in [5.74, 6) is 1.74. The molecule has 78 valence electrons. The van der Waals surface area contributed by atoms with E-state index in [-0.39, 0.29) is 0 Å². The van der Waals surface area contributed by atoms with Crippen molar-refractivity contribution in [2.45, 2.75) is 48.0 Å². The summed E-state index contributed by atoms with van der Waals surface area (Å²) in [5.41, 5.74) is 0. The van der Waals surface area contributed by atoms with Crippen LogP contribution in [0.3, 0.4) is 0 Å². The van der Waals surface area contributed by atoms with E-state index in [0.29, 0.717) is 0 Å². The minimum atomic E-state index is 0.833. The Hall–Kier alpha value is -0.520. The highest BCUT2D eigenvalue weighted by Gasteiger charge is 2.11. The molecule has 0 bridgehead atoms. The molecule has 0 saturated heterocycles. The van der Waals surface area contributed by atoms with E-state index in [1.807, 2.05) is 39.8 Å². The van der Waals surface area contributed by atoms with Crippen molar-refractivity contribution in [3.05, 3.63) is 24.3 Å². The third-order valence-electron chi connectivity index (χ3n) is 2.18. The molecule has 0 N–H and O–H groups in total. The first-order valence-corrected chi connectivity index (χ1v) is 5.46. The van der Waals surface area contributed by atoms with Gasteiger partial charge in [0.15, 0.2) is 0 Å². The summed E-state index contributed by atoms with van der Waals surface area (Å²) in [5, 5.41) is 0. The molecule has 1 rings (SSSR count). The fourth-order valence-electron chi connectivity index (χ4n) is 0.912. The molecule has 0 aromatic rings. The molecule has 0 heterocycles. The van der Waals surface area contributed by atoms with Gasteiger partial charge in [-0.1, -0.05) is 52.0 Å². The van der Waals surface area contributed by atoms with Crippen molar-refractivity contribution in [3.63, 3.8) is 0 Å². The molecule has 0 aliphatic heterocycles. The molecular weight excluding hydrogens is 156 g/mol. The van der Waals surface area contributed by atoms with Gasteiger partial charge in [-0.05, 0) is 32.1 Å². The first-order chi connectivity index (χ1) is 6.22. The Morgan fingerprint density at radius 1 is 1.08 bits per heavy atom. The van der Waals surface area contributed by atoms with Crippen LogP contribution in [0.25, 0.3) is 0 Å². The van der Waals surface area contributed by atoms with Crippen LogP contribution >= 0.6 is 0 Å². The van der Waals surface area contributed by atoms with Gasteiger partial charge in [0.05, 0.1) is 0 Å². The fraction of sp³-hybridized carbons (Fsp3) is 0.692. The largest absolute Gasteiger partial charge is 0.0919 e. The highest BCUT2D eigenvalue weighted by atomic mass is 14.2. The molecule has 0 saturated carbocycles. The standard InChI is InChI=1S/C7H12.C4H8.C2H6/c1-6-4-3-5-7(6)2;1-3-4-2;1-2/h3-4,6-7H,5H2,1-2H3;3-4H,1-2H3;1-2H3. The number of hydrogen-bond donors (Lipinski definition) is 0. The molecule has 1 aliphatic carbocycles. The lowest BCUT2D eigenvalue weighted by atomic mass is 10.0. The van der Waals surface area contributed by atoms with Crippen LogP contribution in [-0.2, 0) is 0 Å². The van der Waals surface area contributed by atoms with Crippen molar-refractivity contribution in [2.24, 2.45) is 11.8 Å². The summed E-state index contributed by atoms with van der Waals surface area (Å²) < 4.78 is 0. The minimum Gasteiger partial charge on any atom is -0.0919 e. The van der Waals surface area contributed by atoms with E-state index in [4.69, 9.17) is 0 Å². The molecule has 0 fully saturated rings. The van der Waals surface area contributed by atoms with E-state index in [1.165, 1.54) is 6.42 Å². The average molecular weight is 182 g/mol. The Morgan fingerprint density at radius 2 is 1.54 bits per heavy atom. The first kappa shape index (κ1) is 15.0. The van der Waals surface area contributed by atoms with Crippen molar-refractivity contribution in [2.75, 3.05) is 0 Å². The van der Waals surface area contributed by atoms with Crippen LogP contribution in [0.4, 0.5) is 0 Å². The average Bonchev–Trinajstić information content (AvgIpc) is 2.55. The summed E-state index contributed by atoms with van der Waals surface area (Å²) in [7, 11) is 0. The van der Waals surface area contributed by atoms with E-state index in [1.54, 1.807) is 0 Å². The summed E-state index contributed by atoms with van der Waals surface area (Å²) in [4.78, 5) is 0. The molecule has 0 aromatic heterocycles. The quantitative estimate of drug-likeness (QED) is 0.471.